The molecule has 0 aliphatic heterocycles. The monoisotopic (exact) mass is 147 g/mol. The molecule has 0 aliphatic rings. The number of oxime groups is 1. The maximum absolute atomic E-state index is 10.5. The van der Waals surface area contributed by atoms with Crippen molar-refractivity contribution >= 4 is 24.1 Å². The summed E-state index contributed by atoms with van der Waals surface area (Å²) in [6.07, 6.45) is 0. The minimum Gasteiger partial charge on any atom is -0.399 e. The molecule has 3 nitrogen and oxygen atoms in total. The minimum atomic E-state index is -0.105. The second-order valence-electron chi connectivity index (χ2n) is 1.43. The second kappa shape index (κ2) is 4.38. The Balaban J connectivity index is 3.98. The maximum atomic E-state index is 10.5. The van der Waals surface area contributed by atoms with Crippen LogP contribution in [-0.4, -0.2) is 24.4 Å². The van der Waals surface area contributed by atoms with Gasteiger partial charge >= 0.3 is 0 Å². The molecule has 0 radical (unpaired) electrons. The van der Waals surface area contributed by atoms with Crippen molar-refractivity contribution in [2.45, 2.75) is 6.92 Å². The predicted octanol–water partition coefficient (Wildman–Crippen LogP) is 0.508. The molecule has 0 fully saturated rings. The molecule has 0 saturated heterocycles. The molecular formula is C5H9NO2S. The standard InChI is InChI=1S/C5H9NO2S/c1-4(7)5(3-9)6-8-2/h9H,3H2,1-2H3/b6-5+. The Morgan fingerprint density at radius 2 is 2.33 bits per heavy atom. The van der Waals surface area contributed by atoms with E-state index < -0.39 is 0 Å². The number of Topliss-reactive ketones (excluding diaryl/α,β-unsaturated/α-hetero) is 1. The third-order valence-electron chi connectivity index (χ3n) is 0.758. The van der Waals surface area contributed by atoms with E-state index >= 15 is 0 Å². The summed E-state index contributed by atoms with van der Waals surface area (Å²) in [5, 5.41) is 3.43. The number of thiol groups is 1. The largest absolute Gasteiger partial charge is 0.399 e. The molecular weight excluding hydrogens is 138 g/mol. The predicted molar refractivity (Wildman–Crippen MR) is 39.0 cm³/mol. The SMILES string of the molecule is CO/N=C(\CS)C(C)=O. The molecule has 9 heavy (non-hydrogen) atoms. The summed E-state index contributed by atoms with van der Waals surface area (Å²) in [5.41, 5.74) is 0.348. The number of nitrogens with zero attached hydrogens (tertiary/aromatic N) is 1. The van der Waals surface area contributed by atoms with E-state index in [9.17, 15) is 4.79 Å². The van der Waals surface area contributed by atoms with Crippen LogP contribution in [0.4, 0.5) is 0 Å². The number of rotatable bonds is 3. The van der Waals surface area contributed by atoms with Crippen LogP contribution in [0.5, 0.6) is 0 Å². The van der Waals surface area contributed by atoms with Crippen molar-refractivity contribution in [1.29, 1.82) is 0 Å². The Hall–Kier alpha value is -0.510. The van der Waals surface area contributed by atoms with Crippen molar-refractivity contribution < 1.29 is 9.63 Å². The van der Waals surface area contributed by atoms with E-state index in [1.165, 1.54) is 14.0 Å². The summed E-state index contributed by atoms with van der Waals surface area (Å²) in [4.78, 5) is 14.9. The molecule has 0 spiro atoms. The van der Waals surface area contributed by atoms with Gasteiger partial charge in [-0.1, -0.05) is 5.16 Å². The Morgan fingerprint density at radius 3 is 2.44 bits per heavy atom. The number of ketones is 1. The maximum Gasteiger partial charge on any atom is 0.178 e. The first-order chi connectivity index (χ1) is 4.22. The zero-order chi connectivity index (χ0) is 7.28. The van der Waals surface area contributed by atoms with Crippen LogP contribution in [0.25, 0.3) is 0 Å². The van der Waals surface area contributed by atoms with Gasteiger partial charge in [-0.05, 0) is 0 Å². The van der Waals surface area contributed by atoms with Crippen LogP contribution < -0.4 is 0 Å². The molecule has 52 valence electrons. The minimum absolute atomic E-state index is 0.105. The molecule has 0 saturated carbocycles. The van der Waals surface area contributed by atoms with E-state index in [2.05, 4.69) is 22.6 Å². The Bertz CT molecular complexity index is 133. The lowest BCUT2D eigenvalue weighted by molar-refractivity contribution is -0.111. The van der Waals surface area contributed by atoms with Gasteiger partial charge in [-0.2, -0.15) is 12.6 Å². The van der Waals surface area contributed by atoms with Gasteiger partial charge in [0.05, 0.1) is 0 Å². The number of hydrogen-bond acceptors (Lipinski definition) is 4. The number of hydrogen-bond donors (Lipinski definition) is 1. The van der Waals surface area contributed by atoms with E-state index in [1.807, 2.05) is 0 Å². The lowest BCUT2D eigenvalue weighted by Crippen LogP contribution is -2.11. The molecule has 0 rings (SSSR count). The van der Waals surface area contributed by atoms with E-state index in [0.29, 0.717) is 11.5 Å². The molecule has 0 aromatic heterocycles. The Morgan fingerprint density at radius 1 is 1.78 bits per heavy atom. The molecule has 4 heteroatoms. The Kier molecular flexibility index (Phi) is 4.13. The van der Waals surface area contributed by atoms with Crippen LogP contribution in [0, 0.1) is 0 Å². The highest BCUT2D eigenvalue weighted by atomic mass is 32.1. The summed E-state index contributed by atoms with van der Waals surface area (Å²) >= 11 is 3.86. The van der Waals surface area contributed by atoms with Crippen molar-refractivity contribution in [2.75, 3.05) is 12.9 Å². The van der Waals surface area contributed by atoms with E-state index in [-0.39, 0.29) is 5.78 Å². The molecule has 0 N–H and O–H groups in total. The molecule has 0 unspecified atom stereocenters. The van der Waals surface area contributed by atoms with Gasteiger partial charge in [-0.25, -0.2) is 0 Å². The molecule has 0 aliphatic carbocycles. The van der Waals surface area contributed by atoms with Gasteiger partial charge in [0, 0.05) is 12.7 Å². The van der Waals surface area contributed by atoms with Crippen molar-refractivity contribution in [3.05, 3.63) is 0 Å². The van der Waals surface area contributed by atoms with Gasteiger partial charge in [0.1, 0.15) is 12.8 Å². The van der Waals surface area contributed by atoms with Gasteiger partial charge in [0.2, 0.25) is 0 Å². The summed E-state index contributed by atoms with van der Waals surface area (Å²) in [6.45, 7) is 1.42. The van der Waals surface area contributed by atoms with E-state index in [4.69, 9.17) is 0 Å². The highest BCUT2D eigenvalue weighted by molar-refractivity contribution is 7.81. The van der Waals surface area contributed by atoms with E-state index in [1.54, 1.807) is 0 Å². The van der Waals surface area contributed by atoms with Gasteiger partial charge in [-0.3, -0.25) is 4.79 Å². The van der Waals surface area contributed by atoms with Gasteiger partial charge in [0.25, 0.3) is 0 Å². The first kappa shape index (κ1) is 8.49. The second-order valence-corrected chi connectivity index (χ2v) is 1.75. The van der Waals surface area contributed by atoms with Crippen LogP contribution in [0.15, 0.2) is 5.16 Å². The van der Waals surface area contributed by atoms with E-state index in [0.717, 1.165) is 0 Å². The zero-order valence-corrected chi connectivity index (χ0v) is 6.31. The van der Waals surface area contributed by atoms with Crippen LogP contribution in [0.2, 0.25) is 0 Å². The smallest absolute Gasteiger partial charge is 0.178 e. The third-order valence-corrected chi connectivity index (χ3v) is 1.06. The molecule has 0 aromatic carbocycles. The fraction of sp³-hybridized carbons (Fsp3) is 0.600. The fourth-order valence-corrected chi connectivity index (χ4v) is 0.595. The van der Waals surface area contributed by atoms with Crippen LogP contribution in [-0.2, 0) is 9.63 Å². The summed E-state index contributed by atoms with van der Waals surface area (Å²) < 4.78 is 0. The summed E-state index contributed by atoms with van der Waals surface area (Å²) in [6, 6.07) is 0. The lowest BCUT2D eigenvalue weighted by atomic mass is 10.3. The summed E-state index contributed by atoms with van der Waals surface area (Å²) in [7, 11) is 1.40. The molecule has 0 amide bonds. The van der Waals surface area contributed by atoms with Crippen molar-refractivity contribution in [3.63, 3.8) is 0 Å². The lowest BCUT2D eigenvalue weighted by Gasteiger charge is -1.93. The van der Waals surface area contributed by atoms with Gasteiger partial charge in [-0.15, -0.1) is 0 Å². The first-order valence-corrected chi connectivity index (χ1v) is 3.07. The topological polar surface area (TPSA) is 38.7 Å². The van der Waals surface area contributed by atoms with Crippen LogP contribution in [0.3, 0.4) is 0 Å². The van der Waals surface area contributed by atoms with Gasteiger partial charge in [0.15, 0.2) is 5.78 Å². The molecule has 0 bridgehead atoms. The highest BCUT2D eigenvalue weighted by Gasteiger charge is 2.01. The fourth-order valence-electron chi connectivity index (χ4n) is 0.315. The Labute approximate surface area is 59.5 Å². The van der Waals surface area contributed by atoms with Crippen molar-refractivity contribution in [1.82, 2.24) is 0 Å². The molecule has 0 heterocycles. The highest BCUT2D eigenvalue weighted by Crippen LogP contribution is 1.85. The average molecular weight is 147 g/mol. The third kappa shape index (κ3) is 3.13. The summed E-state index contributed by atoms with van der Waals surface area (Å²) in [5.74, 6) is 0.218. The quantitative estimate of drug-likeness (QED) is 0.359. The number of carbonyl (C=O) groups is 1. The molecule has 0 atom stereocenters. The first-order valence-electron chi connectivity index (χ1n) is 2.44. The van der Waals surface area contributed by atoms with Crippen LogP contribution >= 0.6 is 12.6 Å². The van der Waals surface area contributed by atoms with Crippen LogP contribution in [0.1, 0.15) is 6.92 Å². The van der Waals surface area contributed by atoms with Crippen molar-refractivity contribution in [3.8, 4) is 0 Å². The average Bonchev–Trinajstić information content (AvgIpc) is 1.82. The zero-order valence-electron chi connectivity index (χ0n) is 5.42. The number of carbonyl (C=O) groups excluding carboxylic acids is 1. The van der Waals surface area contributed by atoms with Crippen molar-refractivity contribution in [2.24, 2.45) is 5.16 Å². The normalized spacial score (nSPS) is 11.2. The molecule has 0 aromatic rings. The van der Waals surface area contributed by atoms with Gasteiger partial charge < -0.3 is 4.84 Å².